The van der Waals surface area contributed by atoms with Crippen molar-refractivity contribution in [1.82, 2.24) is 4.98 Å². The van der Waals surface area contributed by atoms with Crippen LogP contribution in [0.3, 0.4) is 0 Å². The van der Waals surface area contributed by atoms with Crippen LogP contribution in [-0.2, 0) is 37.8 Å². The van der Waals surface area contributed by atoms with E-state index in [1.807, 2.05) is 0 Å². The van der Waals surface area contributed by atoms with E-state index in [4.69, 9.17) is 20.2 Å². The van der Waals surface area contributed by atoms with Crippen molar-refractivity contribution >= 4 is 44.0 Å². The first-order valence-corrected chi connectivity index (χ1v) is 13.3. The van der Waals surface area contributed by atoms with E-state index in [0.29, 0.717) is 24.3 Å². The van der Waals surface area contributed by atoms with Gasteiger partial charge in [0.2, 0.25) is 0 Å². The summed E-state index contributed by atoms with van der Waals surface area (Å²) in [5, 5.41) is 0. The molecule has 3 aromatic rings. The minimum absolute atomic E-state index is 0.0770. The van der Waals surface area contributed by atoms with Crippen LogP contribution >= 0.6 is 20.2 Å². The van der Waals surface area contributed by atoms with E-state index in [1.165, 1.54) is 18.2 Å². The third-order valence-electron chi connectivity index (χ3n) is 4.63. The number of nitrogens with zero attached hydrogens (tertiary/aromatic N) is 3. The average Bonchev–Trinajstić information content (AvgIpc) is 2.84. The van der Waals surface area contributed by atoms with Gasteiger partial charge in [0.15, 0.2) is 0 Å². The molecule has 0 N–H and O–H groups in total. The van der Waals surface area contributed by atoms with Crippen molar-refractivity contribution in [3.05, 3.63) is 88.2 Å². The number of alkyl halides is 12. The molecule has 0 saturated heterocycles. The van der Waals surface area contributed by atoms with Gasteiger partial charge in [-0.25, -0.2) is 4.98 Å². The number of aromatic nitrogens is 1. The topological polar surface area (TPSA) is 37.6 Å². The second-order valence-electron chi connectivity index (χ2n) is 7.58. The van der Waals surface area contributed by atoms with E-state index in [2.05, 4.69) is 15.0 Å². The van der Waals surface area contributed by atoms with Crippen molar-refractivity contribution in [3.8, 4) is 0 Å². The quantitative estimate of drug-likeness (QED) is 0.153. The standard InChI is InChI=1S/C23H11F12N3.2ClH.Fe/c24-20(25,26)12-4-13(21(27,28)29)7-18(6-12)36-10-16-2-1-3-17(38-16)11-37-19-8-14(22(30,31)32)5-15(9-19)23(33,34)35;;;/h1-11H;2*1H;/q;;;+2/p-2. The van der Waals surface area contributed by atoms with Crippen LogP contribution in [0.15, 0.2) is 64.6 Å². The Morgan fingerprint density at radius 1 is 0.537 bits per heavy atom. The van der Waals surface area contributed by atoms with E-state index in [0.717, 1.165) is 12.4 Å². The molecule has 0 amide bonds. The molecular formula is C23H11Cl2F12FeN3. The summed E-state index contributed by atoms with van der Waals surface area (Å²) in [5.41, 5.74) is -7.98. The number of hydrogen-bond donors (Lipinski definition) is 0. The Morgan fingerprint density at radius 2 is 0.805 bits per heavy atom. The average molecular weight is 684 g/mol. The van der Waals surface area contributed by atoms with Gasteiger partial charge in [0, 0.05) is 0 Å². The van der Waals surface area contributed by atoms with Crippen molar-refractivity contribution in [2.75, 3.05) is 0 Å². The first-order chi connectivity index (χ1) is 18.7. The summed E-state index contributed by atoms with van der Waals surface area (Å²) in [6, 6.07) is 5.13. The molecule has 41 heavy (non-hydrogen) atoms. The molecule has 0 fully saturated rings. The Bertz CT molecular complexity index is 1230. The molecule has 3 rings (SSSR count). The summed E-state index contributed by atoms with van der Waals surface area (Å²) >= 11 is 0.194. The van der Waals surface area contributed by atoms with Crippen LogP contribution in [0.2, 0.25) is 0 Å². The fourth-order valence-corrected chi connectivity index (χ4v) is 2.92. The summed E-state index contributed by atoms with van der Waals surface area (Å²) < 4.78 is 156. The zero-order chi connectivity index (χ0) is 31.2. The van der Waals surface area contributed by atoms with E-state index >= 15 is 0 Å². The van der Waals surface area contributed by atoms with E-state index < -0.39 is 58.3 Å². The molecule has 224 valence electrons. The van der Waals surface area contributed by atoms with Crippen LogP contribution in [0.5, 0.6) is 0 Å². The van der Waals surface area contributed by atoms with Gasteiger partial charge < -0.3 is 0 Å². The Morgan fingerprint density at radius 3 is 1.05 bits per heavy atom. The zero-order valence-electron chi connectivity index (χ0n) is 19.3. The molecular weight excluding hydrogens is 673 g/mol. The minimum atomic E-state index is -5.09. The fraction of sp³-hybridized carbons (Fsp3) is 0.174. The predicted molar refractivity (Wildman–Crippen MR) is 123 cm³/mol. The van der Waals surface area contributed by atoms with Gasteiger partial charge >= 0.3 is 58.0 Å². The molecule has 0 aliphatic carbocycles. The molecule has 0 atom stereocenters. The maximum atomic E-state index is 13.0. The summed E-state index contributed by atoms with van der Waals surface area (Å²) in [6.07, 6.45) is -18.7. The van der Waals surface area contributed by atoms with E-state index in [-0.39, 0.29) is 36.7 Å². The van der Waals surface area contributed by atoms with Gasteiger partial charge in [0.05, 0.1) is 57.4 Å². The van der Waals surface area contributed by atoms with Crippen LogP contribution in [0.1, 0.15) is 33.6 Å². The molecule has 0 aliphatic rings. The molecule has 18 heteroatoms. The van der Waals surface area contributed by atoms with Gasteiger partial charge in [-0.15, -0.1) is 0 Å². The Balaban J connectivity index is 0.00000187. The first-order valence-electron chi connectivity index (χ1n) is 10.2. The van der Waals surface area contributed by atoms with Crippen LogP contribution in [0, 0.1) is 0 Å². The normalized spacial score (nSPS) is 13.1. The molecule has 0 radical (unpaired) electrons. The van der Waals surface area contributed by atoms with Gasteiger partial charge in [-0.2, -0.15) is 52.7 Å². The summed E-state index contributed by atoms with van der Waals surface area (Å²) in [4.78, 5) is 11.1. The van der Waals surface area contributed by atoms with E-state index in [9.17, 15) is 52.7 Å². The maximum absolute atomic E-state index is 13.0. The Hall–Kier alpha value is -2.81. The fourth-order valence-electron chi connectivity index (χ4n) is 2.92. The van der Waals surface area contributed by atoms with Gasteiger partial charge in [0.1, 0.15) is 0 Å². The number of halogens is 14. The van der Waals surface area contributed by atoms with Crippen molar-refractivity contribution in [2.45, 2.75) is 24.7 Å². The monoisotopic (exact) mass is 683 g/mol. The molecule has 0 unspecified atom stereocenters. The van der Waals surface area contributed by atoms with E-state index in [1.54, 1.807) is 0 Å². The third-order valence-corrected chi connectivity index (χ3v) is 4.63. The predicted octanol–water partition coefficient (Wildman–Crippen LogP) is 10.0. The van der Waals surface area contributed by atoms with Crippen molar-refractivity contribution < 1.29 is 65.8 Å². The number of benzene rings is 2. The summed E-state index contributed by atoms with van der Waals surface area (Å²) in [6.45, 7) is 0. The number of pyridine rings is 1. The van der Waals surface area contributed by atoms with Crippen molar-refractivity contribution in [2.24, 2.45) is 9.98 Å². The van der Waals surface area contributed by atoms with Gasteiger partial charge in [-0.3, -0.25) is 9.98 Å². The van der Waals surface area contributed by atoms with Crippen molar-refractivity contribution in [3.63, 3.8) is 0 Å². The van der Waals surface area contributed by atoms with Crippen LogP contribution in [0.4, 0.5) is 64.1 Å². The second-order valence-corrected chi connectivity index (χ2v) is 9.41. The third kappa shape index (κ3) is 10.8. The van der Waals surface area contributed by atoms with Gasteiger partial charge in [-0.1, -0.05) is 6.07 Å². The SMILES string of the molecule is FC(F)(F)c1cc(N=Cc2cccc(C=Nc3cc(C(F)(F)F)cc(C(F)(F)F)c3)n2)cc(C(F)(F)F)c1.[Cl][Fe][Cl]. The summed E-state index contributed by atoms with van der Waals surface area (Å²) in [7, 11) is 9.53. The zero-order valence-corrected chi connectivity index (χ0v) is 22.0. The molecule has 2 aromatic carbocycles. The van der Waals surface area contributed by atoms with Crippen LogP contribution < -0.4 is 0 Å². The number of aliphatic imine (C=N–C) groups is 2. The molecule has 0 bridgehead atoms. The van der Waals surface area contributed by atoms with Gasteiger partial charge in [-0.05, 0) is 48.5 Å². The molecule has 0 saturated carbocycles. The molecule has 1 heterocycles. The Kier molecular flexibility index (Phi) is 11.3. The van der Waals surface area contributed by atoms with Crippen LogP contribution in [0.25, 0.3) is 0 Å². The summed E-state index contributed by atoms with van der Waals surface area (Å²) in [5.74, 6) is 0. The second kappa shape index (κ2) is 13.4. The number of hydrogen-bond acceptors (Lipinski definition) is 3. The molecule has 0 aliphatic heterocycles. The first kappa shape index (κ1) is 34.4. The molecule has 0 spiro atoms. The number of rotatable bonds is 4. The molecule has 3 nitrogen and oxygen atoms in total. The van der Waals surface area contributed by atoms with Crippen LogP contribution in [-0.4, -0.2) is 17.4 Å². The van der Waals surface area contributed by atoms with Gasteiger partial charge in [0.25, 0.3) is 0 Å². The Labute approximate surface area is 237 Å². The molecule has 1 aromatic heterocycles. The van der Waals surface area contributed by atoms with Crippen molar-refractivity contribution in [1.29, 1.82) is 0 Å².